The molecule has 278 valence electrons. The van der Waals surface area contributed by atoms with E-state index in [1.54, 1.807) is 21.8 Å². The molecule has 18 nitrogen and oxygen atoms in total. The molecule has 18 heteroatoms. The Hall–Kier alpha value is -5.26. The van der Waals surface area contributed by atoms with Crippen molar-refractivity contribution in [3.05, 3.63) is 35.7 Å². The second-order valence-electron chi connectivity index (χ2n) is 13.0. The molecule has 2 aliphatic rings. The first-order valence-electron chi connectivity index (χ1n) is 17.0. The van der Waals surface area contributed by atoms with E-state index in [1.165, 1.54) is 26.2 Å². The number of urea groups is 1. The maximum atomic E-state index is 13.4. The quantitative estimate of drug-likeness (QED) is 0.241. The molecule has 4 rings (SSSR count). The summed E-state index contributed by atoms with van der Waals surface area (Å²) in [5, 5.41) is 29.0. The minimum atomic E-state index is -1.29. The van der Waals surface area contributed by atoms with Gasteiger partial charge in [-0.1, -0.05) is 19.1 Å². The van der Waals surface area contributed by atoms with Crippen molar-refractivity contribution in [3.63, 3.8) is 0 Å². The summed E-state index contributed by atoms with van der Waals surface area (Å²) in [5.41, 5.74) is 0.703. The monoisotopic (exact) mass is 713 g/mol. The third kappa shape index (κ3) is 11.1. The van der Waals surface area contributed by atoms with Gasteiger partial charge in [0, 0.05) is 31.7 Å². The number of methoxy groups -OCH3 is 1. The third-order valence-corrected chi connectivity index (χ3v) is 8.30. The molecule has 1 aromatic carbocycles. The maximum Gasteiger partial charge on any atom is 0.325 e. The van der Waals surface area contributed by atoms with Crippen molar-refractivity contribution < 1.29 is 43.3 Å². The lowest BCUT2D eigenvalue weighted by molar-refractivity contribution is -0.132. The first kappa shape index (κ1) is 38.5. The number of nitrogens with one attached hydrogen (secondary N) is 4. The number of amides is 7. The van der Waals surface area contributed by atoms with Crippen molar-refractivity contribution in [1.82, 2.24) is 46.1 Å². The molecule has 3 heterocycles. The number of carbonyl (C=O) groups is 6. The summed E-state index contributed by atoms with van der Waals surface area (Å²) in [4.78, 5) is 79.6. The standard InChI is InChI=1S/C33H47N9O9/c1-20(2)14-24-31(47)37-29(21(3)43)32(48)34-10-5-6-11-40(28(45)18-41-17-27(44)36-33(41)49)12-7-13-42-16-23(38-39-42)19-51-26-15-22(30(46)35-24)8-9-25(26)50-4/h8-9,15-16,20-21,24,29,43H,5-7,10-14,17-19H2,1-4H3,(H,34,48)(H,35,46)(H,37,47)(H,36,44,49)/t21-,24-,29+/m1/s1. The fraction of sp³-hybridized carbons (Fsp3) is 0.576. The van der Waals surface area contributed by atoms with Crippen LogP contribution in [-0.4, -0.2) is 123 Å². The summed E-state index contributed by atoms with van der Waals surface area (Å²) in [6, 6.07) is 1.65. The van der Waals surface area contributed by atoms with Gasteiger partial charge in [-0.15, -0.1) is 5.10 Å². The molecule has 1 fully saturated rings. The molecule has 51 heavy (non-hydrogen) atoms. The maximum absolute atomic E-state index is 13.4. The molecule has 2 aromatic rings. The number of aromatic nitrogens is 3. The fourth-order valence-electron chi connectivity index (χ4n) is 5.61. The molecule has 0 spiro atoms. The van der Waals surface area contributed by atoms with E-state index >= 15 is 0 Å². The number of aryl methyl sites for hydroxylation is 1. The highest BCUT2D eigenvalue weighted by molar-refractivity contribution is 6.03. The normalized spacial score (nSPS) is 20.8. The number of fused-ring (bicyclic) bond motifs is 4. The van der Waals surface area contributed by atoms with Gasteiger partial charge in [0.05, 0.1) is 19.4 Å². The highest BCUT2D eigenvalue weighted by Gasteiger charge is 2.31. The van der Waals surface area contributed by atoms with Gasteiger partial charge in [0.25, 0.3) is 5.91 Å². The molecule has 0 unspecified atom stereocenters. The van der Waals surface area contributed by atoms with Crippen LogP contribution < -0.4 is 30.7 Å². The average molecular weight is 714 g/mol. The third-order valence-electron chi connectivity index (χ3n) is 8.30. The number of imide groups is 1. The van der Waals surface area contributed by atoms with Gasteiger partial charge in [0.15, 0.2) is 11.5 Å². The van der Waals surface area contributed by atoms with Crippen LogP contribution in [0.25, 0.3) is 0 Å². The number of aliphatic hydroxyl groups excluding tert-OH is 1. The summed E-state index contributed by atoms with van der Waals surface area (Å²) < 4.78 is 13.0. The van der Waals surface area contributed by atoms with Crippen LogP contribution in [0.2, 0.25) is 0 Å². The molecule has 0 aliphatic carbocycles. The summed E-state index contributed by atoms with van der Waals surface area (Å²) in [6.07, 6.45) is 2.16. The highest BCUT2D eigenvalue weighted by Crippen LogP contribution is 2.29. The van der Waals surface area contributed by atoms with E-state index < -0.39 is 47.8 Å². The largest absolute Gasteiger partial charge is 0.493 e. The summed E-state index contributed by atoms with van der Waals surface area (Å²) in [7, 11) is 1.46. The molecular formula is C33H47N9O9. The predicted octanol–water partition coefficient (Wildman–Crippen LogP) is -0.444. The predicted molar refractivity (Wildman–Crippen MR) is 180 cm³/mol. The number of ether oxygens (including phenoxy) is 2. The van der Waals surface area contributed by atoms with E-state index in [1.807, 2.05) is 13.8 Å². The number of rotatable bonds is 6. The summed E-state index contributed by atoms with van der Waals surface area (Å²) >= 11 is 0. The van der Waals surface area contributed by atoms with E-state index in [4.69, 9.17) is 9.47 Å². The SMILES string of the molecule is COc1ccc2cc1OCc1cn(nn1)CCCN(C(=O)CN1CC(=O)NC1=O)CCCCNC(=O)[C@H]([C@@H](C)O)NC(=O)[C@@H](CC(C)C)NC2=O. The minimum absolute atomic E-state index is 0.00339. The zero-order valence-electron chi connectivity index (χ0n) is 29.3. The first-order valence-corrected chi connectivity index (χ1v) is 17.0. The molecule has 5 N–H and O–H groups in total. The van der Waals surface area contributed by atoms with E-state index in [-0.39, 0.29) is 55.8 Å². The second-order valence-corrected chi connectivity index (χ2v) is 13.0. The number of hydrogen-bond donors (Lipinski definition) is 5. The molecule has 0 saturated carbocycles. The number of carbonyl (C=O) groups excluding carboxylic acids is 6. The van der Waals surface area contributed by atoms with Crippen LogP contribution in [0, 0.1) is 5.92 Å². The first-order chi connectivity index (χ1) is 24.3. The van der Waals surface area contributed by atoms with Crippen molar-refractivity contribution in [1.29, 1.82) is 0 Å². The number of hydrogen-bond acceptors (Lipinski definition) is 11. The molecule has 2 aliphatic heterocycles. The lowest BCUT2D eigenvalue weighted by atomic mass is 10.0. The van der Waals surface area contributed by atoms with E-state index in [0.29, 0.717) is 50.3 Å². The van der Waals surface area contributed by atoms with Crippen LogP contribution in [0.5, 0.6) is 11.5 Å². The van der Waals surface area contributed by atoms with Crippen molar-refractivity contribution in [3.8, 4) is 11.5 Å². The van der Waals surface area contributed by atoms with Gasteiger partial charge in [0.1, 0.15) is 37.5 Å². The van der Waals surface area contributed by atoms with Gasteiger partial charge in [-0.25, -0.2) is 4.79 Å². The summed E-state index contributed by atoms with van der Waals surface area (Å²) in [5.74, 6) is -1.99. The van der Waals surface area contributed by atoms with Gasteiger partial charge in [-0.05, 0) is 56.7 Å². The Kier molecular flexibility index (Phi) is 13.7. The van der Waals surface area contributed by atoms with Crippen LogP contribution in [0.1, 0.15) is 62.5 Å². The molecular weight excluding hydrogens is 666 g/mol. The number of nitrogens with zero attached hydrogens (tertiary/aromatic N) is 5. The van der Waals surface area contributed by atoms with Crippen LogP contribution in [0.4, 0.5) is 4.79 Å². The smallest absolute Gasteiger partial charge is 0.325 e. The van der Waals surface area contributed by atoms with Gasteiger partial charge < -0.3 is 40.3 Å². The van der Waals surface area contributed by atoms with Crippen LogP contribution >= 0.6 is 0 Å². The molecule has 1 aromatic heterocycles. The molecule has 0 radical (unpaired) electrons. The number of aliphatic hydroxyl groups is 1. The van der Waals surface area contributed by atoms with Gasteiger partial charge in [-0.3, -0.25) is 34.0 Å². The van der Waals surface area contributed by atoms with Crippen molar-refractivity contribution >= 4 is 35.6 Å². The minimum Gasteiger partial charge on any atom is -0.493 e. The van der Waals surface area contributed by atoms with E-state index in [2.05, 4.69) is 31.6 Å². The number of benzene rings is 1. The highest BCUT2D eigenvalue weighted by atomic mass is 16.5. The van der Waals surface area contributed by atoms with Gasteiger partial charge in [0.2, 0.25) is 23.6 Å². The van der Waals surface area contributed by atoms with Crippen LogP contribution in [0.15, 0.2) is 24.4 Å². The Bertz CT molecular complexity index is 1580. The second kappa shape index (κ2) is 18.1. The lowest BCUT2D eigenvalue weighted by Gasteiger charge is -2.26. The fourth-order valence-corrected chi connectivity index (χ4v) is 5.61. The zero-order valence-corrected chi connectivity index (χ0v) is 29.3. The zero-order chi connectivity index (χ0) is 37.1. The molecule has 7 amide bonds. The van der Waals surface area contributed by atoms with Crippen molar-refractivity contribution in [2.75, 3.05) is 39.8 Å². The Morgan fingerprint density at radius 3 is 2.49 bits per heavy atom. The van der Waals surface area contributed by atoms with Crippen molar-refractivity contribution in [2.45, 2.75) is 77.8 Å². The Morgan fingerprint density at radius 1 is 1.04 bits per heavy atom. The lowest BCUT2D eigenvalue weighted by Crippen LogP contribution is -2.57. The van der Waals surface area contributed by atoms with Crippen molar-refractivity contribution in [2.24, 2.45) is 5.92 Å². The average Bonchev–Trinajstić information content (AvgIpc) is 3.67. The topological polar surface area (TPSA) is 226 Å². The molecule has 4 bridgehead atoms. The summed E-state index contributed by atoms with van der Waals surface area (Å²) in [6.45, 7) is 5.93. The Balaban J connectivity index is 1.55. The molecule has 1 saturated heterocycles. The van der Waals surface area contributed by atoms with E-state index in [0.717, 1.165) is 4.90 Å². The van der Waals surface area contributed by atoms with Gasteiger partial charge in [-0.2, -0.15) is 0 Å². The van der Waals surface area contributed by atoms with Crippen LogP contribution in [0.3, 0.4) is 0 Å². The van der Waals surface area contributed by atoms with Gasteiger partial charge >= 0.3 is 6.03 Å². The Morgan fingerprint density at radius 2 is 1.80 bits per heavy atom. The molecule has 3 atom stereocenters. The van der Waals surface area contributed by atoms with Crippen LogP contribution in [-0.2, 0) is 32.3 Å². The Labute approximate surface area is 295 Å². The van der Waals surface area contributed by atoms with E-state index in [9.17, 15) is 33.9 Å².